The predicted octanol–water partition coefficient (Wildman–Crippen LogP) is 1.72. The maximum absolute atomic E-state index is 12.4. The highest BCUT2D eigenvalue weighted by atomic mass is 32.2. The fraction of sp³-hybridized carbons (Fsp3) is 0.263. The van der Waals surface area contributed by atoms with Crippen molar-refractivity contribution in [2.45, 2.75) is 17.9 Å². The number of likely N-dealkylation sites (N-methyl/N-ethyl adjacent to an activating group) is 1. The summed E-state index contributed by atoms with van der Waals surface area (Å²) in [5.41, 5.74) is 0.799. The Kier molecular flexibility index (Phi) is 6.76. The first kappa shape index (κ1) is 21.4. The molecule has 28 heavy (non-hydrogen) atoms. The van der Waals surface area contributed by atoms with E-state index in [-0.39, 0.29) is 22.3 Å². The Bertz CT molecular complexity index is 960. The van der Waals surface area contributed by atoms with Gasteiger partial charge in [0.15, 0.2) is 6.61 Å². The van der Waals surface area contributed by atoms with Crippen LogP contribution in [0.2, 0.25) is 0 Å². The van der Waals surface area contributed by atoms with Crippen LogP contribution in [-0.4, -0.2) is 46.0 Å². The monoisotopic (exact) mass is 406 g/mol. The zero-order valence-corrected chi connectivity index (χ0v) is 16.6. The number of amides is 1. The number of nitrogens with zero attached hydrogens (tertiary/aromatic N) is 1. The second kappa shape index (κ2) is 8.85. The third kappa shape index (κ3) is 5.08. The maximum Gasteiger partial charge on any atom is 0.342 e. The van der Waals surface area contributed by atoms with Crippen LogP contribution in [-0.2, 0) is 19.6 Å². The highest BCUT2D eigenvalue weighted by Gasteiger charge is 2.22. The van der Waals surface area contributed by atoms with E-state index in [1.807, 2.05) is 37.3 Å². The normalized spacial score (nSPS) is 12.1. The fourth-order valence-corrected chi connectivity index (χ4v) is 3.04. The molecule has 9 heteroatoms. The second-order valence-electron chi connectivity index (χ2n) is 6.07. The number of primary sulfonamides is 1. The zero-order chi connectivity index (χ0) is 20.9. The lowest BCUT2D eigenvalue weighted by Crippen LogP contribution is -2.33. The van der Waals surface area contributed by atoms with Crippen molar-refractivity contribution in [1.29, 1.82) is 0 Å². The van der Waals surface area contributed by atoms with Gasteiger partial charge in [0.05, 0.1) is 18.0 Å². The van der Waals surface area contributed by atoms with Gasteiger partial charge in [0, 0.05) is 7.05 Å². The van der Waals surface area contributed by atoms with Gasteiger partial charge in [-0.2, -0.15) is 0 Å². The molecular formula is C19H22N2O6S. The standard InChI is InChI=1S/C19H22N2O6S/c1-13(14-7-5-4-6-8-14)21(2)18(22)12-27-19(23)16-11-15(28(20,24)25)9-10-17(16)26-3/h4-11,13H,12H2,1-3H3,(H2,20,24,25)/t13-/m0/s1. The van der Waals surface area contributed by atoms with Crippen molar-refractivity contribution < 1.29 is 27.5 Å². The lowest BCUT2D eigenvalue weighted by Gasteiger charge is -2.25. The number of rotatable bonds is 7. The molecule has 1 atom stereocenters. The summed E-state index contributed by atoms with van der Waals surface area (Å²) in [4.78, 5) is 25.9. The average Bonchev–Trinajstić information content (AvgIpc) is 2.70. The molecule has 0 unspecified atom stereocenters. The van der Waals surface area contributed by atoms with Crippen molar-refractivity contribution in [3.05, 3.63) is 59.7 Å². The molecule has 0 heterocycles. The summed E-state index contributed by atoms with van der Waals surface area (Å²) in [6.07, 6.45) is 0. The molecule has 0 aliphatic carbocycles. The highest BCUT2D eigenvalue weighted by molar-refractivity contribution is 7.89. The number of sulfonamides is 1. The summed E-state index contributed by atoms with van der Waals surface area (Å²) in [6.45, 7) is 1.35. The van der Waals surface area contributed by atoms with E-state index in [2.05, 4.69) is 0 Å². The first-order valence-electron chi connectivity index (χ1n) is 8.33. The molecule has 0 aliphatic heterocycles. The molecule has 2 rings (SSSR count). The Balaban J connectivity index is 2.10. The van der Waals surface area contributed by atoms with E-state index < -0.39 is 28.5 Å². The van der Waals surface area contributed by atoms with Crippen LogP contribution in [0.5, 0.6) is 5.75 Å². The Morgan fingerprint density at radius 1 is 1.14 bits per heavy atom. The van der Waals surface area contributed by atoms with Crippen molar-refractivity contribution in [2.24, 2.45) is 5.14 Å². The Hall–Kier alpha value is -2.91. The maximum atomic E-state index is 12.4. The van der Waals surface area contributed by atoms with Crippen molar-refractivity contribution in [1.82, 2.24) is 4.90 Å². The fourth-order valence-electron chi connectivity index (χ4n) is 2.50. The van der Waals surface area contributed by atoms with Crippen LogP contribution in [0.15, 0.2) is 53.4 Å². The third-order valence-electron chi connectivity index (χ3n) is 4.30. The van der Waals surface area contributed by atoms with Crippen LogP contribution in [0.4, 0.5) is 0 Å². The quantitative estimate of drug-likeness (QED) is 0.700. The van der Waals surface area contributed by atoms with E-state index in [9.17, 15) is 18.0 Å². The molecule has 0 radical (unpaired) electrons. The number of hydrogen-bond donors (Lipinski definition) is 1. The van der Waals surface area contributed by atoms with Gasteiger partial charge in [-0.15, -0.1) is 0 Å². The average molecular weight is 406 g/mol. The topological polar surface area (TPSA) is 116 Å². The lowest BCUT2D eigenvalue weighted by atomic mass is 10.1. The van der Waals surface area contributed by atoms with Crippen LogP contribution in [0.3, 0.4) is 0 Å². The smallest absolute Gasteiger partial charge is 0.342 e. The molecule has 150 valence electrons. The SMILES string of the molecule is COc1ccc(S(N)(=O)=O)cc1C(=O)OCC(=O)N(C)[C@@H](C)c1ccccc1. The Labute approximate surface area is 163 Å². The molecule has 0 saturated carbocycles. The second-order valence-corrected chi connectivity index (χ2v) is 7.64. The van der Waals surface area contributed by atoms with Crippen LogP contribution in [0, 0.1) is 0 Å². The van der Waals surface area contributed by atoms with Crippen molar-refractivity contribution in [2.75, 3.05) is 20.8 Å². The molecule has 2 N–H and O–H groups in total. The number of nitrogens with two attached hydrogens (primary N) is 1. The van der Waals surface area contributed by atoms with Gasteiger partial charge in [-0.25, -0.2) is 18.4 Å². The van der Waals surface area contributed by atoms with Gasteiger partial charge in [0.1, 0.15) is 11.3 Å². The molecular weight excluding hydrogens is 384 g/mol. The van der Waals surface area contributed by atoms with E-state index in [1.54, 1.807) is 7.05 Å². The number of benzene rings is 2. The van der Waals surface area contributed by atoms with Crippen molar-refractivity contribution in [3.63, 3.8) is 0 Å². The van der Waals surface area contributed by atoms with Crippen LogP contribution < -0.4 is 9.88 Å². The van der Waals surface area contributed by atoms with E-state index in [1.165, 1.54) is 24.1 Å². The van der Waals surface area contributed by atoms with Gasteiger partial charge >= 0.3 is 5.97 Å². The van der Waals surface area contributed by atoms with Gasteiger partial charge in [-0.1, -0.05) is 30.3 Å². The molecule has 0 spiro atoms. The molecule has 0 aliphatic rings. The minimum atomic E-state index is -4.01. The first-order chi connectivity index (χ1) is 13.1. The number of hydrogen-bond acceptors (Lipinski definition) is 6. The first-order valence-corrected chi connectivity index (χ1v) is 9.88. The van der Waals surface area contributed by atoms with Crippen molar-refractivity contribution in [3.8, 4) is 5.75 Å². The van der Waals surface area contributed by atoms with Gasteiger partial charge < -0.3 is 14.4 Å². The summed E-state index contributed by atoms with van der Waals surface area (Å²) in [5, 5.41) is 5.09. The zero-order valence-electron chi connectivity index (χ0n) is 15.8. The van der Waals surface area contributed by atoms with E-state index in [0.717, 1.165) is 11.6 Å². The van der Waals surface area contributed by atoms with Crippen molar-refractivity contribution >= 4 is 21.9 Å². The number of carbonyl (C=O) groups is 2. The molecule has 0 aromatic heterocycles. The molecule has 8 nitrogen and oxygen atoms in total. The molecule has 2 aromatic carbocycles. The Morgan fingerprint density at radius 2 is 1.79 bits per heavy atom. The summed E-state index contributed by atoms with van der Waals surface area (Å²) in [5.74, 6) is -1.20. The Morgan fingerprint density at radius 3 is 2.36 bits per heavy atom. The van der Waals surface area contributed by atoms with Crippen LogP contribution >= 0.6 is 0 Å². The van der Waals surface area contributed by atoms with Crippen LogP contribution in [0.25, 0.3) is 0 Å². The lowest BCUT2D eigenvalue weighted by molar-refractivity contribution is -0.135. The number of esters is 1. The highest BCUT2D eigenvalue weighted by Crippen LogP contribution is 2.23. The van der Waals surface area contributed by atoms with Gasteiger partial charge in [-0.3, -0.25) is 4.79 Å². The summed E-state index contributed by atoms with van der Waals surface area (Å²) in [7, 11) is -1.08. The minimum Gasteiger partial charge on any atom is -0.496 e. The third-order valence-corrected chi connectivity index (χ3v) is 5.21. The molecule has 0 saturated heterocycles. The van der Waals surface area contributed by atoms with E-state index >= 15 is 0 Å². The largest absolute Gasteiger partial charge is 0.496 e. The molecule has 1 amide bonds. The number of methoxy groups -OCH3 is 1. The number of ether oxygens (including phenoxy) is 2. The van der Waals surface area contributed by atoms with Gasteiger partial charge in [-0.05, 0) is 30.7 Å². The summed E-state index contributed by atoms with van der Waals surface area (Å²) >= 11 is 0. The summed E-state index contributed by atoms with van der Waals surface area (Å²) < 4.78 is 33.1. The van der Waals surface area contributed by atoms with Gasteiger partial charge in [0.2, 0.25) is 10.0 Å². The molecule has 0 fully saturated rings. The van der Waals surface area contributed by atoms with Crippen LogP contribution in [0.1, 0.15) is 28.9 Å². The molecule has 2 aromatic rings. The van der Waals surface area contributed by atoms with E-state index in [0.29, 0.717) is 0 Å². The molecule has 0 bridgehead atoms. The summed E-state index contributed by atoms with van der Waals surface area (Å²) in [6, 6.07) is 12.7. The minimum absolute atomic E-state index is 0.107. The van der Waals surface area contributed by atoms with Gasteiger partial charge in [0.25, 0.3) is 5.91 Å². The predicted molar refractivity (Wildman–Crippen MR) is 102 cm³/mol. The van der Waals surface area contributed by atoms with E-state index in [4.69, 9.17) is 14.6 Å². The number of carbonyl (C=O) groups excluding carboxylic acids is 2.